The summed E-state index contributed by atoms with van der Waals surface area (Å²) in [4.78, 5) is 2.68. The van der Waals surface area contributed by atoms with Gasteiger partial charge >= 0.3 is 0 Å². The molecule has 82 valence electrons. The first-order valence-corrected chi connectivity index (χ1v) is 6.22. The first kappa shape index (κ1) is 10.4. The van der Waals surface area contributed by atoms with Crippen LogP contribution in [0.15, 0.2) is 0 Å². The lowest BCUT2D eigenvalue weighted by Crippen LogP contribution is -2.48. The lowest BCUT2D eigenvalue weighted by atomic mass is 9.88. The molecule has 0 aromatic heterocycles. The normalized spacial score (nSPS) is 31.7. The van der Waals surface area contributed by atoms with Crippen LogP contribution in [-0.2, 0) is 0 Å². The fourth-order valence-electron chi connectivity index (χ4n) is 2.68. The van der Waals surface area contributed by atoms with Gasteiger partial charge in [0.2, 0.25) is 0 Å². The van der Waals surface area contributed by atoms with E-state index in [1.807, 2.05) is 0 Å². The van der Waals surface area contributed by atoms with Crippen molar-refractivity contribution in [1.29, 1.82) is 0 Å². The van der Waals surface area contributed by atoms with Crippen LogP contribution in [0.3, 0.4) is 0 Å². The van der Waals surface area contributed by atoms with E-state index in [1.165, 1.54) is 45.6 Å². The van der Waals surface area contributed by atoms with Crippen LogP contribution in [0.2, 0.25) is 0 Å². The number of nitrogens with zero attached hydrogens (tertiary/aromatic N) is 1. The molecule has 2 fully saturated rings. The smallest absolute Gasteiger partial charge is 0.00107 e. The molecule has 2 unspecified atom stereocenters. The minimum absolute atomic E-state index is 0.895. The highest BCUT2D eigenvalue weighted by molar-refractivity contribution is 4.83. The molecule has 2 atom stereocenters. The Hall–Kier alpha value is -0.0800. The Labute approximate surface area is 88.1 Å². The van der Waals surface area contributed by atoms with Gasteiger partial charge in [-0.05, 0) is 43.8 Å². The van der Waals surface area contributed by atoms with E-state index in [1.54, 1.807) is 0 Å². The van der Waals surface area contributed by atoms with E-state index in [0.717, 1.165) is 17.8 Å². The second-order valence-corrected chi connectivity index (χ2v) is 5.22. The molecule has 0 radical (unpaired) electrons. The van der Waals surface area contributed by atoms with Crippen LogP contribution in [0, 0.1) is 17.8 Å². The highest BCUT2D eigenvalue weighted by atomic mass is 15.1. The summed E-state index contributed by atoms with van der Waals surface area (Å²) < 4.78 is 0. The largest absolute Gasteiger partial charge is 0.316 e. The molecule has 1 N–H and O–H groups in total. The van der Waals surface area contributed by atoms with Gasteiger partial charge in [-0.15, -0.1) is 0 Å². The van der Waals surface area contributed by atoms with Crippen LogP contribution in [-0.4, -0.2) is 37.6 Å². The second-order valence-electron chi connectivity index (χ2n) is 5.22. The van der Waals surface area contributed by atoms with Gasteiger partial charge < -0.3 is 10.2 Å². The number of rotatable bonds is 4. The van der Waals surface area contributed by atoms with Gasteiger partial charge in [0.05, 0.1) is 0 Å². The van der Waals surface area contributed by atoms with Crippen molar-refractivity contribution in [2.24, 2.45) is 17.8 Å². The zero-order chi connectivity index (χ0) is 9.97. The maximum absolute atomic E-state index is 3.37. The number of hydrogen-bond donors (Lipinski definition) is 1. The fourth-order valence-corrected chi connectivity index (χ4v) is 2.68. The third kappa shape index (κ3) is 2.29. The highest BCUT2D eigenvalue weighted by Crippen LogP contribution is 2.23. The average Bonchev–Trinajstić information content (AvgIpc) is 2.48. The summed E-state index contributed by atoms with van der Waals surface area (Å²) in [5.74, 6) is 2.84. The van der Waals surface area contributed by atoms with Crippen molar-refractivity contribution in [2.75, 3.05) is 32.7 Å². The quantitative estimate of drug-likeness (QED) is 0.734. The predicted molar refractivity (Wildman–Crippen MR) is 60.4 cm³/mol. The maximum Gasteiger partial charge on any atom is 0.00107 e. The highest BCUT2D eigenvalue weighted by Gasteiger charge is 2.27. The van der Waals surface area contributed by atoms with E-state index in [-0.39, 0.29) is 0 Å². The molecule has 0 aliphatic carbocycles. The molecular formula is C12H24N2. The minimum Gasteiger partial charge on any atom is -0.316 e. The lowest BCUT2D eigenvalue weighted by Gasteiger charge is -2.34. The van der Waals surface area contributed by atoms with E-state index in [9.17, 15) is 0 Å². The third-order valence-corrected chi connectivity index (χ3v) is 4.11. The Bertz CT molecular complexity index is 177. The van der Waals surface area contributed by atoms with Gasteiger partial charge in [-0.25, -0.2) is 0 Å². The van der Waals surface area contributed by atoms with E-state index in [0.29, 0.717) is 0 Å². The van der Waals surface area contributed by atoms with Crippen molar-refractivity contribution >= 4 is 0 Å². The van der Waals surface area contributed by atoms with Gasteiger partial charge in [0.15, 0.2) is 0 Å². The fraction of sp³-hybridized carbons (Fsp3) is 1.00. The third-order valence-electron chi connectivity index (χ3n) is 4.11. The molecule has 0 aromatic rings. The van der Waals surface area contributed by atoms with Crippen LogP contribution in [0.1, 0.15) is 26.7 Å². The maximum atomic E-state index is 3.37. The van der Waals surface area contributed by atoms with E-state index in [4.69, 9.17) is 0 Å². The summed E-state index contributed by atoms with van der Waals surface area (Å²) in [5, 5.41) is 3.37. The SMILES string of the molecule is CCC1CCN(CC(C)C2CNC2)C1. The molecule has 14 heavy (non-hydrogen) atoms. The van der Waals surface area contributed by atoms with Crippen LogP contribution in [0.4, 0.5) is 0 Å². The van der Waals surface area contributed by atoms with Crippen molar-refractivity contribution in [3.63, 3.8) is 0 Å². The van der Waals surface area contributed by atoms with Crippen LogP contribution >= 0.6 is 0 Å². The van der Waals surface area contributed by atoms with Crippen LogP contribution in [0.25, 0.3) is 0 Å². The van der Waals surface area contributed by atoms with E-state index >= 15 is 0 Å². The Kier molecular flexibility index (Phi) is 3.45. The number of hydrogen-bond acceptors (Lipinski definition) is 2. The zero-order valence-corrected chi connectivity index (χ0v) is 9.63. The Morgan fingerprint density at radius 1 is 1.43 bits per heavy atom. The van der Waals surface area contributed by atoms with Gasteiger partial charge in [-0.2, -0.15) is 0 Å². The molecule has 2 rings (SSSR count). The second kappa shape index (κ2) is 4.63. The van der Waals surface area contributed by atoms with Crippen molar-refractivity contribution in [1.82, 2.24) is 10.2 Å². The molecule has 0 saturated carbocycles. The van der Waals surface area contributed by atoms with Gasteiger partial charge in [-0.3, -0.25) is 0 Å². The van der Waals surface area contributed by atoms with Crippen molar-refractivity contribution < 1.29 is 0 Å². The summed E-state index contributed by atoms with van der Waals surface area (Å²) in [6.07, 6.45) is 2.81. The van der Waals surface area contributed by atoms with E-state index in [2.05, 4.69) is 24.1 Å². The summed E-state index contributed by atoms with van der Waals surface area (Å²) in [5.41, 5.74) is 0. The number of likely N-dealkylation sites (tertiary alicyclic amines) is 1. The van der Waals surface area contributed by atoms with Crippen LogP contribution in [0.5, 0.6) is 0 Å². The van der Waals surface area contributed by atoms with Gasteiger partial charge in [0, 0.05) is 13.1 Å². The van der Waals surface area contributed by atoms with Gasteiger partial charge in [0.25, 0.3) is 0 Å². The van der Waals surface area contributed by atoms with Crippen molar-refractivity contribution in [3.8, 4) is 0 Å². The van der Waals surface area contributed by atoms with E-state index < -0.39 is 0 Å². The summed E-state index contributed by atoms with van der Waals surface area (Å²) >= 11 is 0. The zero-order valence-electron chi connectivity index (χ0n) is 9.63. The van der Waals surface area contributed by atoms with Crippen molar-refractivity contribution in [2.45, 2.75) is 26.7 Å². The molecule has 2 heteroatoms. The molecule has 2 nitrogen and oxygen atoms in total. The first-order chi connectivity index (χ1) is 6.79. The topological polar surface area (TPSA) is 15.3 Å². The Morgan fingerprint density at radius 2 is 2.21 bits per heavy atom. The lowest BCUT2D eigenvalue weighted by molar-refractivity contribution is 0.182. The summed E-state index contributed by atoms with van der Waals surface area (Å²) in [6, 6.07) is 0. The molecule has 0 bridgehead atoms. The Morgan fingerprint density at radius 3 is 2.71 bits per heavy atom. The van der Waals surface area contributed by atoms with Crippen LogP contribution < -0.4 is 5.32 Å². The van der Waals surface area contributed by atoms with Gasteiger partial charge in [-0.1, -0.05) is 20.3 Å². The summed E-state index contributed by atoms with van der Waals surface area (Å²) in [6.45, 7) is 11.3. The molecule has 2 saturated heterocycles. The molecule has 0 amide bonds. The monoisotopic (exact) mass is 196 g/mol. The predicted octanol–water partition coefficient (Wildman–Crippen LogP) is 1.57. The molecular weight excluding hydrogens is 172 g/mol. The Balaban J connectivity index is 1.69. The minimum atomic E-state index is 0.895. The summed E-state index contributed by atoms with van der Waals surface area (Å²) in [7, 11) is 0. The number of nitrogens with one attached hydrogen (secondary N) is 1. The average molecular weight is 196 g/mol. The van der Waals surface area contributed by atoms with Gasteiger partial charge in [0.1, 0.15) is 0 Å². The standard InChI is InChI=1S/C12H24N2/c1-3-11-4-5-14(9-11)8-10(2)12-6-13-7-12/h10-13H,3-9H2,1-2H3. The molecule has 0 aromatic carbocycles. The molecule has 2 heterocycles. The molecule has 0 spiro atoms. The molecule has 2 aliphatic heterocycles. The molecule has 2 aliphatic rings. The first-order valence-electron chi connectivity index (χ1n) is 6.22. The van der Waals surface area contributed by atoms with Crippen molar-refractivity contribution in [3.05, 3.63) is 0 Å².